The van der Waals surface area contributed by atoms with E-state index < -0.39 is 18.7 Å². The summed E-state index contributed by atoms with van der Waals surface area (Å²) < 4.78 is 36.8. The van der Waals surface area contributed by atoms with Crippen molar-refractivity contribution in [2.24, 2.45) is 0 Å². The molecule has 0 aromatic carbocycles. The fourth-order valence-electron chi connectivity index (χ4n) is 2.11. The van der Waals surface area contributed by atoms with Crippen molar-refractivity contribution in [3.63, 3.8) is 0 Å². The molecule has 1 saturated heterocycles. The van der Waals surface area contributed by atoms with Crippen LogP contribution < -0.4 is 4.90 Å². The Hall–Kier alpha value is -1.83. The standard InChI is InChI=1S/C12H14F3N3O2/c13-12(14,15)8-17-3-5-18(6-4-17)10-7-9(11(19)20)1-2-16-10/h1-2,7H,3-6,8H2,(H,19,20). The molecule has 110 valence electrons. The summed E-state index contributed by atoms with van der Waals surface area (Å²) in [5, 5.41) is 8.90. The van der Waals surface area contributed by atoms with E-state index in [1.54, 1.807) is 4.90 Å². The van der Waals surface area contributed by atoms with Crippen molar-refractivity contribution in [3.8, 4) is 0 Å². The van der Waals surface area contributed by atoms with Crippen LogP contribution in [0.2, 0.25) is 0 Å². The molecule has 1 aromatic heterocycles. The van der Waals surface area contributed by atoms with Crippen molar-refractivity contribution >= 4 is 11.8 Å². The van der Waals surface area contributed by atoms with Crippen molar-refractivity contribution < 1.29 is 23.1 Å². The summed E-state index contributed by atoms with van der Waals surface area (Å²) in [6.07, 6.45) is -2.80. The molecule has 1 N–H and O–H groups in total. The van der Waals surface area contributed by atoms with Crippen LogP contribution in [0.15, 0.2) is 18.3 Å². The second-order valence-corrected chi connectivity index (χ2v) is 4.59. The van der Waals surface area contributed by atoms with E-state index in [2.05, 4.69) is 4.98 Å². The molecule has 0 atom stereocenters. The van der Waals surface area contributed by atoms with E-state index >= 15 is 0 Å². The summed E-state index contributed by atoms with van der Waals surface area (Å²) >= 11 is 0. The highest BCUT2D eigenvalue weighted by Crippen LogP contribution is 2.19. The third-order valence-electron chi connectivity index (χ3n) is 3.09. The van der Waals surface area contributed by atoms with Gasteiger partial charge in [0.05, 0.1) is 12.1 Å². The number of hydrogen-bond donors (Lipinski definition) is 1. The summed E-state index contributed by atoms with van der Waals surface area (Å²) in [4.78, 5) is 18.1. The summed E-state index contributed by atoms with van der Waals surface area (Å²) in [5.74, 6) is -0.569. The summed E-state index contributed by atoms with van der Waals surface area (Å²) in [6.45, 7) is 0.429. The zero-order valence-corrected chi connectivity index (χ0v) is 10.6. The molecule has 1 aromatic rings. The molecular formula is C12H14F3N3O2. The molecule has 8 heteroatoms. The van der Waals surface area contributed by atoms with Gasteiger partial charge in [-0.3, -0.25) is 4.90 Å². The molecule has 1 fully saturated rings. The number of piperazine rings is 1. The van der Waals surface area contributed by atoms with Crippen molar-refractivity contribution in [2.75, 3.05) is 37.6 Å². The average molecular weight is 289 g/mol. The fraction of sp³-hybridized carbons (Fsp3) is 0.500. The van der Waals surface area contributed by atoms with E-state index in [9.17, 15) is 18.0 Å². The highest BCUT2D eigenvalue weighted by Gasteiger charge is 2.32. The maximum absolute atomic E-state index is 12.3. The van der Waals surface area contributed by atoms with Gasteiger partial charge in [-0.15, -0.1) is 0 Å². The molecule has 0 radical (unpaired) electrons. The van der Waals surface area contributed by atoms with Gasteiger partial charge in [0, 0.05) is 32.4 Å². The Morgan fingerprint density at radius 3 is 2.50 bits per heavy atom. The molecular weight excluding hydrogens is 275 g/mol. The number of aromatic carboxylic acids is 1. The van der Waals surface area contributed by atoms with Gasteiger partial charge in [0.2, 0.25) is 0 Å². The average Bonchev–Trinajstić information content (AvgIpc) is 2.38. The van der Waals surface area contributed by atoms with Gasteiger partial charge < -0.3 is 10.0 Å². The van der Waals surface area contributed by atoms with Crippen molar-refractivity contribution in [2.45, 2.75) is 6.18 Å². The number of nitrogens with zero attached hydrogens (tertiary/aromatic N) is 3. The SMILES string of the molecule is O=C(O)c1ccnc(N2CCN(CC(F)(F)F)CC2)c1. The van der Waals surface area contributed by atoms with Gasteiger partial charge >= 0.3 is 12.1 Å². The normalized spacial score (nSPS) is 17.2. The fourth-order valence-corrected chi connectivity index (χ4v) is 2.11. The molecule has 20 heavy (non-hydrogen) atoms. The first-order valence-electron chi connectivity index (χ1n) is 6.08. The summed E-state index contributed by atoms with van der Waals surface area (Å²) in [7, 11) is 0. The van der Waals surface area contributed by atoms with E-state index in [0.717, 1.165) is 0 Å². The van der Waals surface area contributed by atoms with Gasteiger partial charge in [-0.1, -0.05) is 0 Å². The van der Waals surface area contributed by atoms with Crippen LogP contribution in [0.5, 0.6) is 0 Å². The Morgan fingerprint density at radius 2 is 1.95 bits per heavy atom. The first-order chi connectivity index (χ1) is 9.35. The lowest BCUT2D eigenvalue weighted by atomic mass is 10.2. The molecule has 2 rings (SSSR count). The predicted molar refractivity (Wildman–Crippen MR) is 65.9 cm³/mol. The Bertz CT molecular complexity index is 485. The minimum atomic E-state index is -4.19. The molecule has 1 aliphatic rings. The van der Waals surface area contributed by atoms with Gasteiger partial charge in [0.15, 0.2) is 0 Å². The lowest BCUT2D eigenvalue weighted by Crippen LogP contribution is -2.49. The number of anilines is 1. The van der Waals surface area contributed by atoms with Gasteiger partial charge in [0.25, 0.3) is 0 Å². The number of rotatable bonds is 3. The lowest BCUT2D eigenvalue weighted by molar-refractivity contribution is -0.146. The Morgan fingerprint density at radius 1 is 1.30 bits per heavy atom. The summed E-state index contributed by atoms with van der Waals surface area (Å²) in [5.41, 5.74) is 0.118. The van der Waals surface area contributed by atoms with Crippen LogP contribution in [-0.4, -0.2) is 59.9 Å². The Labute approximate surface area is 113 Å². The molecule has 0 bridgehead atoms. The molecule has 0 amide bonds. The highest BCUT2D eigenvalue weighted by molar-refractivity contribution is 5.88. The smallest absolute Gasteiger partial charge is 0.401 e. The second-order valence-electron chi connectivity index (χ2n) is 4.59. The zero-order valence-electron chi connectivity index (χ0n) is 10.6. The summed E-state index contributed by atoms with van der Waals surface area (Å²) in [6, 6.07) is 2.81. The number of carboxylic acids is 1. The van der Waals surface area contributed by atoms with Crippen LogP contribution in [0.4, 0.5) is 19.0 Å². The van der Waals surface area contributed by atoms with E-state index in [1.807, 2.05) is 0 Å². The minimum Gasteiger partial charge on any atom is -0.478 e. The Kier molecular flexibility index (Phi) is 4.12. The molecule has 0 aliphatic carbocycles. The number of hydrogen-bond acceptors (Lipinski definition) is 4. The van der Waals surface area contributed by atoms with Gasteiger partial charge in [-0.25, -0.2) is 9.78 Å². The second kappa shape index (κ2) is 5.66. The zero-order chi connectivity index (χ0) is 14.8. The number of carbonyl (C=O) groups is 1. The number of halogens is 3. The molecule has 0 unspecified atom stereocenters. The third-order valence-corrected chi connectivity index (χ3v) is 3.09. The maximum Gasteiger partial charge on any atom is 0.401 e. The van der Waals surface area contributed by atoms with Crippen molar-refractivity contribution in [3.05, 3.63) is 23.9 Å². The van der Waals surface area contributed by atoms with Crippen LogP contribution in [0.1, 0.15) is 10.4 Å². The van der Waals surface area contributed by atoms with Crippen LogP contribution in [0, 0.1) is 0 Å². The van der Waals surface area contributed by atoms with Crippen LogP contribution in [0.25, 0.3) is 0 Å². The van der Waals surface area contributed by atoms with E-state index in [1.165, 1.54) is 23.2 Å². The van der Waals surface area contributed by atoms with Gasteiger partial charge in [-0.05, 0) is 12.1 Å². The number of pyridine rings is 1. The van der Waals surface area contributed by atoms with Gasteiger partial charge in [-0.2, -0.15) is 13.2 Å². The first kappa shape index (κ1) is 14.6. The largest absolute Gasteiger partial charge is 0.478 e. The quantitative estimate of drug-likeness (QED) is 0.913. The molecule has 0 spiro atoms. The number of alkyl halides is 3. The minimum absolute atomic E-state index is 0.118. The van der Waals surface area contributed by atoms with Crippen LogP contribution in [-0.2, 0) is 0 Å². The van der Waals surface area contributed by atoms with Gasteiger partial charge in [0.1, 0.15) is 5.82 Å². The number of carboxylic acid groups (broad SMARTS) is 1. The topological polar surface area (TPSA) is 56.7 Å². The molecule has 5 nitrogen and oxygen atoms in total. The molecule has 0 saturated carbocycles. The van der Waals surface area contributed by atoms with E-state index in [-0.39, 0.29) is 18.7 Å². The van der Waals surface area contributed by atoms with Crippen molar-refractivity contribution in [1.82, 2.24) is 9.88 Å². The van der Waals surface area contributed by atoms with Crippen LogP contribution >= 0.6 is 0 Å². The Balaban J connectivity index is 1.97. The maximum atomic E-state index is 12.3. The third kappa shape index (κ3) is 3.83. The number of aromatic nitrogens is 1. The van der Waals surface area contributed by atoms with E-state index in [0.29, 0.717) is 18.9 Å². The predicted octanol–water partition coefficient (Wildman–Crippen LogP) is 1.46. The molecule has 2 heterocycles. The molecule has 1 aliphatic heterocycles. The van der Waals surface area contributed by atoms with Crippen LogP contribution in [0.3, 0.4) is 0 Å². The van der Waals surface area contributed by atoms with E-state index in [4.69, 9.17) is 5.11 Å². The highest BCUT2D eigenvalue weighted by atomic mass is 19.4. The monoisotopic (exact) mass is 289 g/mol. The van der Waals surface area contributed by atoms with Crippen molar-refractivity contribution in [1.29, 1.82) is 0 Å². The lowest BCUT2D eigenvalue weighted by Gasteiger charge is -2.35. The first-order valence-corrected chi connectivity index (χ1v) is 6.08.